The van der Waals surface area contributed by atoms with Gasteiger partial charge in [-0.3, -0.25) is 0 Å². The smallest absolute Gasteiger partial charge is 0.207 e. The molecule has 6 heteroatoms. The molecule has 0 heterocycles. The number of rotatable bonds is 5. The van der Waals surface area contributed by atoms with Crippen LogP contribution in [-0.4, -0.2) is 25.8 Å². The minimum absolute atomic E-state index is 0.110. The minimum Gasteiger partial charge on any atom is -0.207 e. The van der Waals surface area contributed by atoms with E-state index in [0.717, 1.165) is 5.56 Å². The highest BCUT2D eigenvalue weighted by Crippen LogP contribution is 2.27. The zero-order valence-electron chi connectivity index (χ0n) is 11.5. The Morgan fingerprint density at radius 2 is 1.84 bits per heavy atom. The van der Waals surface area contributed by atoms with Crippen LogP contribution in [0.25, 0.3) is 0 Å². The van der Waals surface area contributed by atoms with Gasteiger partial charge in [-0.15, -0.1) is 11.6 Å². The highest BCUT2D eigenvalue weighted by molar-refractivity contribution is 7.89. The molecule has 0 radical (unpaired) electrons. The van der Waals surface area contributed by atoms with Crippen LogP contribution in [0.3, 0.4) is 0 Å². The van der Waals surface area contributed by atoms with E-state index in [9.17, 15) is 8.42 Å². The summed E-state index contributed by atoms with van der Waals surface area (Å²) in [6, 6.07) is 4.72. The van der Waals surface area contributed by atoms with Gasteiger partial charge in [0.1, 0.15) is 4.90 Å². The lowest BCUT2D eigenvalue weighted by molar-refractivity contribution is 0.316. The average molecular weight is 324 g/mol. The van der Waals surface area contributed by atoms with E-state index in [0.29, 0.717) is 0 Å². The maximum absolute atomic E-state index is 12.6. The van der Waals surface area contributed by atoms with Crippen molar-refractivity contribution < 1.29 is 8.42 Å². The summed E-state index contributed by atoms with van der Waals surface area (Å²) >= 11 is 11.8. The first-order valence-corrected chi connectivity index (χ1v) is 8.39. The molecule has 0 saturated heterocycles. The Labute approximate surface area is 125 Å². The molecule has 0 bridgehead atoms. The molecule has 0 spiro atoms. The molecule has 1 rings (SSSR count). The van der Waals surface area contributed by atoms with Crippen LogP contribution >= 0.6 is 23.2 Å². The highest BCUT2D eigenvalue weighted by Gasteiger charge is 2.28. The lowest BCUT2D eigenvalue weighted by Crippen LogP contribution is -2.38. The molecule has 3 nitrogen and oxygen atoms in total. The summed E-state index contributed by atoms with van der Waals surface area (Å²) in [6.07, 6.45) is 0. The van der Waals surface area contributed by atoms with Crippen LogP contribution < -0.4 is 0 Å². The van der Waals surface area contributed by atoms with Crippen molar-refractivity contribution in [1.29, 1.82) is 0 Å². The van der Waals surface area contributed by atoms with Crippen molar-refractivity contribution in [3.63, 3.8) is 0 Å². The van der Waals surface area contributed by atoms with Gasteiger partial charge < -0.3 is 0 Å². The first-order valence-electron chi connectivity index (χ1n) is 6.04. The maximum Gasteiger partial charge on any atom is 0.244 e. The molecule has 1 aromatic rings. The number of hydrogen-bond donors (Lipinski definition) is 0. The van der Waals surface area contributed by atoms with Gasteiger partial charge >= 0.3 is 0 Å². The summed E-state index contributed by atoms with van der Waals surface area (Å²) in [7, 11) is -2.03. The van der Waals surface area contributed by atoms with Gasteiger partial charge in [0.2, 0.25) is 10.0 Å². The number of sulfonamides is 1. The SMILES string of the molecule is CC(C)C(C)N(C)S(=O)(=O)c1cc(CCl)ccc1Cl. The molecular weight excluding hydrogens is 305 g/mol. The standard InChI is InChI=1S/C13H19Cl2NO2S/c1-9(2)10(3)16(4)19(17,18)13-7-11(8-14)5-6-12(13)15/h5-7,9-10H,8H2,1-4H3. The second kappa shape index (κ2) is 6.44. The number of halogens is 2. The summed E-state index contributed by atoms with van der Waals surface area (Å²) < 4.78 is 26.5. The van der Waals surface area contributed by atoms with Crippen LogP contribution in [-0.2, 0) is 15.9 Å². The first-order chi connectivity index (χ1) is 8.71. The van der Waals surface area contributed by atoms with Gasteiger partial charge in [-0.05, 0) is 30.5 Å². The third-order valence-electron chi connectivity index (χ3n) is 3.35. The van der Waals surface area contributed by atoms with E-state index < -0.39 is 10.0 Å². The molecule has 0 aliphatic rings. The van der Waals surface area contributed by atoms with Gasteiger partial charge in [0, 0.05) is 19.0 Å². The summed E-state index contributed by atoms with van der Waals surface area (Å²) in [5.74, 6) is 0.470. The van der Waals surface area contributed by atoms with Crippen molar-refractivity contribution in [2.24, 2.45) is 5.92 Å². The molecule has 0 aliphatic heterocycles. The fourth-order valence-electron chi connectivity index (χ4n) is 1.62. The first kappa shape index (κ1) is 16.8. The Balaban J connectivity index is 3.27. The normalized spacial score (nSPS) is 14.1. The molecule has 0 saturated carbocycles. The maximum atomic E-state index is 12.6. The minimum atomic E-state index is -3.60. The van der Waals surface area contributed by atoms with Crippen molar-refractivity contribution in [3.05, 3.63) is 28.8 Å². The zero-order chi connectivity index (χ0) is 14.8. The molecule has 0 aromatic heterocycles. The summed E-state index contributed by atoms with van der Waals surface area (Å²) in [5.41, 5.74) is 0.732. The third-order valence-corrected chi connectivity index (χ3v) is 6.08. The summed E-state index contributed by atoms with van der Waals surface area (Å²) in [4.78, 5) is 0.113. The largest absolute Gasteiger partial charge is 0.244 e. The quantitative estimate of drug-likeness (QED) is 0.774. The molecule has 0 aliphatic carbocycles. The van der Waals surface area contributed by atoms with Crippen LogP contribution in [0.15, 0.2) is 23.1 Å². The van der Waals surface area contributed by atoms with Gasteiger partial charge in [0.15, 0.2) is 0 Å². The Hall–Kier alpha value is -0.290. The fourth-order valence-corrected chi connectivity index (χ4v) is 3.80. The van der Waals surface area contributed by atoms with Crippen LogP contribution in [0.5, 0.6) is 0 Å². The van der Waals surface area contributed by atoms with Crippen LogP contribution in [0.4, 0.5) is 0 Å². The predicted octanol–water partition coefficient (Wildman–Crippen LogP) is 3.74. The lowest BCUT2D eigenvalue weighted by Gasteiger charge is -2.27. The fraction of sp³-hybridized carbons (Fsp3) is 0.538. The van der Waals surface area contributed by atoms with E-state index in [-0.39, 0.29) is 27.8 Å². The number of benzene rings is 1. The van der Waals surface area contributed by atoms with Crippen LogP contribution in [0.1, 0.15) is 26.3 Å². The molecule has 1 unspecified atom stereocenters. The molecule has 0 amide bonds. The third kappa shape index (κ3) is 3.63. The Bertz CT molecular complexity index is 544. The Morgan fingerprint density at radius 3 is 2.32 bits per heavy atom. The van der Waals surface area contributed by atoms with E-state index in [4.69, 9.17) is 23.2 Å². The Kier molecular flexibility index (Phi) is 5.68. The molecule has 1 atom stereocenters. The van der Waals surface area contributed by atoms with Crippen molar-refractivity contribution in [2.75, 3.05) is 7.05 Å². The van der Waals surface area contributed by atoms with Crippen LogP contribution in [0.2, 0.25) is 5.02 Å². The number of hydrogen-bond acceptors (Lipinski definition) is 2. The molecular formula is C13H19Cl2NO2S. The van der Waals surface area contributed by atoms with Gasteiger partial charge in [-0.1, -0.05) is 31.5 Å². The predicted molar refractivity (Wildman–Crippen MR) is 80.3 cm³/mol. The van der Waals surface area contributed by atoms with Crippen molar-refractivity contribution >= 4 is 33.2 Å². The molecule has 0 fully saturated rings. The second-order valence-corrected chi connectivity index (χ2v) is 7.54. The van der Waals surface area contributed by atoms with Crippen molar-refractivity contribution in [1.82, 2.24) is 4.31 Å². The van der Waals surface area contributed by atoms with Gasteiger partial charge in [-0.25, -0.2) is 8.42 Å². The van der Waals surface area contributed by atoms with Crippen molar-refractivity contribution in [3.8, 4) is 0 Å². The molecule has 108 valence electrons. The van der Waals surface area contributed by atoms with Crippen LogP contribution in [0, 0.1) is 5.92 Å². The molecule has 19 heavy (non-hydrogen) atoms. The average Bonchev–Trinajstić information content (AvgIpc) is 2.37. The van der Waals surface area contributed by atoms with Gasteiger partial charge in [-0.2, -0.15) is 4.31 Å². The zero-order valence-corrected chi connectivity index (χ0v) is 13.9. The van der Waals surface area contributed by atoms with Gasteiger partial charge in [0.05, 0.1) is 5.02 Å². The topological polar surface area (TPSA) is 37.4 Å². The summed E-state index contributed by atoms with van der Waals surface area (Å²) in [6.45, 7) is 5.84. The number of alkyl halides is 1. The summed E-state index contributed by atoms with van der Waals surface area (Å²) in [5, 5.41) is 0.219. The molecule has 0 N–H and O–H groups in total. The van der Waals surface area contributed by atoms with E-state index in [1.807, 2.05) is 20.8 Å². The van der Waals surface area contributed by atoms with Gasteiger partial charge in [0.25, 0.3) is 0 Å². The van der Waals surface area contributed by atoms with E-state index in [1.165, 1.54) is 10.4 Å². The Morgan fingerprint density at radius 1 is 1.26 bits per heavy atom. The highest BCUT2D eigenvalue weighted by atomic mass is 35.5. The van der Waals surface area contributed by atoms with E-state index in [2.05, 4.69) is 0 Å². The monoisotopic (exact) mass is 323 g/mol. The number of nitrogens with zero attached hydrogens (tertiary/aromatic N) is 1. The molecule has 1 aromatic carbocycles. The van der Waals surface area contributed by atoms with E-state index >= 15 is 0 Å². The second-order valence-electron chi connectivity index (χ2n) is 4.90. The lowest BCUT2D eigenvalue weighted by atomic mass is 10.1. The van der Waals surface area contributed by atoms with E-state index in [1.54, 1.807) is 19.2 Å². The van der Waals surface area contributed by atoms with Crippen molar-refractivity contribution in [2.45, 2.75) is 37.6 Å².